The number of fused-ring (bicyclic) bond motifs is 4. The number of imide groups is 2. The standard InChI is InChI=1S/C35H27Cl3F4N4O6/c1-3-52-23-6-4-5-20(27(23)47)26-18-11-12-19-25(30(49)46(29(19)48)44(2)28-22(36)13-14-24(43-28)35(40,41)42)21(18)15-33(37)31(50)45(32(51)34(26,33)38)17-9-7-16(39)8-10-17/h4-11,13-14,19,21,25-26,47H,3,12,15H2,1-2H3. The van der Waals surface area contributed by atoms with Crippen LogP contribution < -0.4 is 14.6 Å². The van der Waals surface area contributed by atoms with Gasteiger partial charge in [-0.3, -0.25) is 24.2 Å². The molecule has 3 aromatic rings. The third kappa shape index (κ3) is 5.01. The zero-order valence-corrected chi connectivity index (χ0v) is 29.4. The maximum Gasteiger partial charge on any atom is 0.433 e. The molecule has 4 aliphatic rings. The van der Waals surface area contributed by atoms with Gasteiger partial charge in [0.25, 0.3) is 23.6 Å². The number of hydrogen-bond donors (Lipinski definition) is 1. The Kier molecular flexibility index (Phi) is 8.54. The number of carbonyl (C=O) groups excluding carboxylic acids is 4. The monoisotopic (exact) mass is 780 g/mol. The van der Waals surface area contributed by atoms with Gasteiger partial charge in [-0.15, -0.1) is 23.2 Å². The zero-order chi connectivity index (χ0) is 37.7. The Bertz CT molecular complexity index is 2080. The third-order valence-electron chi connectivity index (χ3n) is 10.2. The molecule has 0 radical (unpaired) electrons. The van der Waals surface area contributed by atoms with Gasteiger partial charge in [0.2, 0.25) is 0 Å². The number of hydrazine groups is 1. The van der Waals surface area contributed by atoms with Gasteiger partial charge in [0.1, 0.15) is 11.5 Å². The summed E-state index contributed by atoms with van der Waals surface area (Å²) >= 11 is 20.9. The Balaban J connectivity index is 1.37. The topological polar surface area (TPSA) is 120 Å². The molecule has 6 atom stereocenters. The van der Waals surface area contributed by atoms with Gasteiger partial charge < -0.3 is 9.84 Å². The smallest absolute Gasteiger partial charge is 0.433 e. The fourth-order valence-corrected chi connectivity index (χ4v) is 9.13. The minimum Gasteiger partial charge on any atom is -0.504 e. The van der Waals surface area contributed by atoms with E-state index in [1.165, 1.54) is 37.4 Å². The van der Waals surface area contributed by atoms with E-state index in [4.69, 9.17) is 39.5 Å². The van der Waals surface area contributed by atoms with Crippen molar-refractivity contribution in [3.05, 3.63) is 88.3 Å². The third-order valence-corrected chi connectivity index (χ3v) is 11.9. The summed E-state index contributed by atoms with van der Waals surface area (Å²) in [5, 5.41) is 12.8. The lowest BCUT2D eigenvalue weighted by atomic mass is 9.56. The first-order chi connectivity index (χ1) is 24.5. The SMILES string of the molecule is CCOc1cccc(C2C3=CCC4C(=O)N(N(C)c5nc(C(F)(F)F)ccc5Cl)C(=O)C4C3CC3(Cl)C(=O)N(c4ccc(F)cc4)C(=O)C23Cl)c1O. The van der Waals surface area contributed by atoms with Crippen molar-refractivity contribution in [1.29, 1.82) is 0 Å². The molecule has 1 aromatic heterocycles. The molecule has 17 heteroatoms. The second-order valence-corrected chi connectivity index (χ2v) is 14.5. The summed E-state index contributed by atoms with van der Waals surface area (Å²) in [6.07, 6.45) is -3.76. The summed E-state index contributed by atoms with van der Waals surface area (Å²) in [5.74, 6) is -9.79. The van der Waals surface area contributed by atoms with Gasteiger partial charge in [0, 0.05) is 18.5 Å². The van der Waals surface area contributed by atoms with Crippen LogP contribution in [0.5, 0.6) is 11.5 Å². The predicted molar refractivity (Wildman–Crippen MR) is 180 cm³/mol. The molecule has 2 aliphatic carbocycles. The van der Waals surface area contributed by atoms with Crippen LogP contribution in [0.25, 0.3) is 0 Å². The number of halogens is 7. The summed E-state index contributed by atoms with van der Waals surface area (Å²) in [5.41, 5.74) is -0.953. The normalized spacial score (nSPS) is 28.4. The van der Waals surface area contributed by atoms with E-state index in [2.05, 4.69) is 4.98 Å². The number of aromatic hydroxyl groups is 1. The molecule has 10 nitrogen and oxygen atoms in total. The van der Waals surface area contributed by atoms with Crippen LogP contribution in [0.2, 0.25) is 5.02 Å². The van der Waals surface area contributed by atoms with E-state index in [1.54, 1.807) is 13.0 Å². The maximum absolute atomic E-state index is 14.5. The van der Waals surface area contributed by atoms with E-state index >= 15 is 0 Å². The number of allylic oxidation sites excluding steroid dienone is 2. The van der Waals surface area contributed by atoms with Gasteiger partial charge in [-0.2, -0.15) is 18.2 Å². The van der Waals surface area contributed by atoms with Crippen LogP contribution in [0.3, 0.4) is 0 Å². The number of anilines is 2. The molecule has 2 aliphatic heterocycles. The lowest BCUT2D eigenvalue weighted by Crippen LogP contribution is -2.60. The van der Waals surface area contributed by atoms with Crippen molar-refractivity contribution < 1.29 is 46.6 Å². The average molecular weight is 782 g/mol. The van der Waals surface area contributed by atoms with Crippen LogP contribution in [0.15, 0.2) is 66.2 Å². The second-order valence-electron chi connectivity index (χ2n) is 12.9. The van der Waals surface area contributed by atoms with Crippen molar-refractivity contribution in [3.8, 4) is 11.5 Å². The highest BCUT2D eigenvalue weighted by molar-refractivity contribution is 6.58. The Morgan fingerprint density at radius 3 is 2.35 bits per heavy atom. The molecule has 3 fully saturated rings. The van der Waals surface area contributed by atoms with Gasteiger partial charge in [0.05, 0.1) is 29.2 Å². The van der Waals surface area contributed by atoms with Crippen LogP contribution in [0.1, 0.15) is 36.9 Å². The first-order valence-electron chi connectivity index (χ1n) is 16.0. The highest BCUT2D eigenvalue weighted by Gasteiger charge is 2.77. The highest BCUT2D eigenvalue weighted by atomic mass is 35.5. The van der Waals surface area contributed by atoms with Crippen molar-refractivity contribution in [3.63, 3.8) is 0 Å². The van der Waals surface area contributed by atoms with Crippen molar-refractivity contribution in [2.75, 3.05) is 23.6 Å². The van der Waals surface area contributed by atoms with E-state index in [9.17, 15) is 41.8 Å². The average Bonchev–Trinajstić information content (AvgIpc) is 3.43. The molecule has 272 valence electrons. The van der Waals surface area contributed by atoms with E-state index < -0.39 is 92.7 Å². The van der Waals surface area contributed by atoms with E-state index in [-0.39, 0.29) is 35.1 Å². The predicted octanol–water partition coefficient (Wildman–Crippen LogP) is 6.61. The Morgan fingerprint density at radius 2 is 1.69 bits per heavy atom. The number of carbonyl (C=O) groups is 4. The molecule has 1 N–H and O–H groups in total. The molecule has 7 rings (SSSR count). The van der Waals surface area contributed by atoms with Gasteiger partial charge in [-0.25, -0.2) is 14.3 Å². The fraction of sp³-hybridized carbons (Fsp3) is 0.343. The van der Waals surface area contributed by atoms with Gasteiger partial charge in [-0.05, 0) is 68.1 Å². The van der Waals surface area contributed by atoms with Gasteiger partial charge in [-0.1, -0.05) is 35.4 Å². The van der Waals surface area contributed by atoms with Crippen LogP contribution in [-0.2, 0) is 25.4 Å². The maximum atomic E-state index is 14.5. The number of phenols is 1. The molecule has 4 amide bonds. The minimum atomic E-state index is -4.86. The largest absolute Gasteiger partial charge is 0.504 e. The van der Waals surface area contributed by atoms with Crippen LogP contribution in [-0.4, -0.2) is 62.1 Å². The molecule has 6 unspecified atom stereocenters. The molecule has 2 aromatic carbocycles. The van der Waals surface area contributed by atoms with E-state index in [0.29, 0.717) is 16.6 Å². The first kappa shape index (κ1) is 36.0. The number of amides is 4. The van der Waals surface area contributed by atoms with Crippen molar-refractivity contribution in [1.82, 2.24) is 9.99 Å². The number of aromatic nitrogens is 1. The molecule has 52 heavy (non-hydrogen) atoms. The summed E-state index contributed by atoms with van der Waals surface area (Å²) in [4.78, 5) is 57.0. The number of pyridine rings is 1. The van der Waals surface area contributed by atoms with Crippen LogP contribution >= 0.6 is 34.8 Å². The van der Waals surface area contributed by atoms with Crippen molar-refractivity contribution in [2.24, 2.45) is 17.8 Å². The van der Waals surface area contributed by atoms with Crippen LogP contribution in [0.4, 0.5) is 29.1 Å². The quantitative estimate of drug-likeness (QED) is 0.129. The lowest BCUT2D eigenvalue weighted by molar-refractivity contribution is -0.141. The summed E-state index contributed by atoms with van der Waals surface area (Å²) in [6, 6.07) is 10.6. The van der Waals surface area contributed by atoms with E-state index in [0.717, 1.165) is 28.1 Å². The number of phenolic OH excluding ortho intramolecular Hbond substituents is 1. The number of para-hydroxylation sites is 1. The number of benzene rings is 2. The number of hydrogen-bond acceptors (Lipinski definition) is 8. The Labute approximate surface area is 308 Å². The first-order valence-corrected chi connectivity index (χ1v) is 17.1. The lowest BCUT2D eigenvalue weighted by Gasteiger charge is -2.50. The summed E-state index contributed by atoms with van der Waals surface area (Å²) < 4.78 is 60.3. The highest BCUT2D eigenvalue weighted by Crippen LogP contribution is 2.67. The second kappa shape index (κ2) is 12.3. The molecule has 0 bridgehead atoms. The number of alkyl halides is 5. The van der Waals surface area contributed by atoms with E-state index in [1.807, 2.05) is 0 Å². The summed E-state index contributed by atoms with van der Waals surface area (Å²) in [6.45, 7) is 1.84. The van der Waals surface area contributed by atoms with Gasteiger partial charge >= 0.3 is 6.18 Å². The molecule has 1 saturated carbocycles. The number of ether oxygens (including phenoxy) is 1. The number of nitrogens with zero attached hydrogens (tertiary/aromatic N) is 4. The minimum absolute atomic E-state index is 0.0305. The van der Waals surface area contributed by atoms with Gasteiger partial charge in [0.15, 0.2) is 27.1 Å². The molecule has 0 spiro atoms. The number of rotatable bonds is 6. The Morgan fingerprint density at radius 1 is 1.00 bits per heavy atom. The van der Waals surface area contributed by atoms with Crippen LogP contribution in [0, 0.1) is 23.6 Å². The Hall–Kier alpha value is -4.40. The fourth-order valence-electron chi connectivity index (χ4n) is 7.98. The molecular formula is C35H27Cl3F4N4O6. The zero-order valence-electron chi connectivity index (χ0n) is 27.1. The molecule has 3 heterocycles. The summed E-state index contributed by atoms with van der Waals surface area (Å²) in [7, 11) is 1.17. The molecular weight excluding hydrogens is 755 g/mol. The van der Waals surface area contributed by atoms with Crippen molar-refractivity contribution in [2.45, 2.75) is 41.6 Å². The molecule has 2 saturated heterocycles. The van der Waals surface area contributed by atoms with Crippen molar-refractivity contribution >= 4 is 69.9 Å².